The Labute approximate surface area is 218 Å². The van der Waals surface area contributed by atoms with Crippen LogP contribution in [0.15, 0.2) is 0 Å². The Morgan fingerprint density at radius 3 is 2.24 bits per heavy atom. The summed E-state index contributed by atoms with van der Waals surface area (Å²) in [6.07, 6.45) is -2.55. The molecule has 0 aromatic rings. The van der Waals surface area contributed by atoms with Crippen molar-refractivity contribution in [3.8, 4) is 0 Å². The number of primary amides is 2. The summed E-state index contributed by atoms with van der Waals surface area (Å²) in [7, 11) is 0. The van der Waals surface area contributed by atoms with Gasteiger partial charge in [-0.05, 0) is 61.2 Å². The number of fused-ring (bicyclic) bond motifs is 5. The van der Waals surface area contributed by atoms with Crippen LogP contribution in [0.2, 0.25) is 0 Å². The zero-order valence-electron chi connectivity index (χ0n) is 21.8. The zero-order valence-corrected chi connectivity index (χ0v) is 21.8. The maximum atomic E-state index is 14.2. The number of halogens is 3. The first-order valence-corrected chi connectivity index (χ1v) is 13.1. The predicted molar refractivity (Wildman–Crippen MR) is 127 cm³/mol. The smallest absolute Gasteiger partial charge is 0.369 e. The Hall–Kier alpha value is -2.86. The van der Waals surface area contributed by atoms with Crippen molar-refractivity contribution in [2.75, 3.05) is 13.1 Å². The number of likely N-dealkylation sites (tertiary alicyclic amines) is 1. The molecule has 8 atom stereocenters. The lowest BCUT2D eigenvalue weighted by Crippen LogP contribution is -2.70. The van der Waals surface area contributed by atoms with Crippen LogP contribution in [0.3, 0.4) is 0 Å². The summed E-state index contributed by atoms with van der Waals surface area (Å²) in [5.74, 6) is -7.97. The van der Waals surface area contributed by atoms with Crippen molar-refractivity contribution in [2.24, 2.45) is 52.4 Å². The predicted octanol–water partition coefficient (Wildman–Crippen LogP) is 0.436. The minimum absolute atomic E-state index is 0.00270. The van der Waals surface area contributed by atoms with E-state index in [4.69, 9.17) is 11.5 Å². The summed E-state index contributed by atoms with van der Waals surface area (Å²) in [6, 6.07) is -1.67. The fourth-order valence-corrected chi connectivity index (χ4v) is 7.75. The van der Waals surface area contributed by atoms with Gasteiger partial charge in [-0.15, -0.1) is 0 Å². The Morgan fingerprint density at radius 1 is 1.11 bits per heavy atom. The molecule has 4 aliphatic rings. The van der Waals surface area contributed by atoms with Gasteiger partial charge < -0.3 is 27.0 Å². The summed E-state index contributed by atoms with van der Waals surface area (Å²) in [6.45, 7) is 4.86. The second-order valence-corrected chi connectivity index (χ2v) is 12.4. The van der Waals surface area contributed by atoms with Crippen LogP contribution in [-0.4, -0.2) is 65.3 Å². The topological polar surface area (TPSA) is 165 Å². The van der Waals surface area contributed by atoms with Crippen molar-refractivity contribution >= 4 is 29.5 Å². The molecule has 2 heterocycles. The van der Waals surface area contributed by atoms with Gasteiger partial charge in [0.1, 0.15) is 11.6 Å². The highest BCUT2D eigenvalue weighted by Crippen LogP contribution is 2.63. The number of rotatable bonds is 7. The third-order valence-corrected chi connectivity index (χ3v) is 9.30. The highest BCUT2D eigenvalue weighted by molar-refractivity contribution is 5.99. The van der Waals surface area contributed by atoms with Crippen LogP contribution >= 0.6 is 0 Å². The molecular weight excluding hydrogens is 507 g/mol. The molecule has 2 aliphatic heterocycles. The van der Waals surface area contributed by atoms with Gasteiger partial charge in [0.25, 0.3) is 0 Å². The van der Waals surface area contributed by atoms with Gasteiger partial charge in [-0.1, -0.05) is 20.8 Å². The molecule has 6 N–H and O–H groups in total. The van der Waals surface area contributed by atoms with Crippen LogP contribution in [0.1, 0.15) is 52.9 Å². The van der Waals surface area contributed by atoms with E-state index in [1.54, 1.807) is 0 Å². The third-order valence-electron chi connectivity index (χ3n) is 9.30. The van der Waals surface area contributed by atoms with Crippen molar-refractivity contribution in [3.05, 3.63) is 0 Å². The Morgan fingerprint density at radius 2 is 1.74 bits per heavy atom. The minimum atomic E-state index is -5.24. The van der Waals surface area contributed by atoms with E-state index in [2.05, 4.69) is 5.32 Å². The molecule has 4 rings (SSSR count). The molecule has 2 saturated carbocycles. The average Bonchev–Trinajstić information content (AvgIpc) is 3.55. The lowest BCUT2D eigenvalue weighted by atomic mass is 9.63. The maximum Gasteiger partial charge on any atom is 0.471 e. The summed E-state index contributed by atoms with van der Waals surface area (Å²) >= 11 is 0. The monoisotopic (exact) mass is 543 g/mol. The van der Waals surface area contributed by atoms with Crippen molar-refractivity contribution in [2.45, 2.75) is 70.6 Å². The van der Waals surface area contributed by atoms with Gasteiger partial charge in [-0.3, -0.25) is 24.0 Å². The number of carbonyl (C=O) groups is 5. The van der Waals surface area contributed by atoms with Gasteiger partial charge in [0, 0.05) is 19.0 Å². The van der Waals surface area contributed by atoms with Gasteiger partial charge in [-0.25, -0.2) is 0 Å². The van der Waals surface area contributed by atoms with E-state index in [1.807, 2.05) is 5.32 Å². The Balaban J connectivity index is 1.83. The van der Waals surface area contributed by atoms with E-state index in [-0.39, 0.29) is 36.6 Å². The molecule has 212 valence electrons. The Kier molecular flexibility index (Phi) is 6.97. The van der Waals surface area contributed by atoms with Gasteiger partial charge in [-0.2, -0.15) is 13.2 Å². The average molecular weight is 544 g/mol. The van der Waals surface area contributed by atoms with Crippen LogP contribution in [0.5, 0.6) is 0 Å². The maximum absolute atomic E-state index is 14.2. The second kappa shape index (κ2) is 9.41. The van der Waals surface area contributed by atoms with Gasteiger partial charge in [0.2, 0.25) is 23.6 Å². The quantitative estimate of drug-likeness (QED) is 0.365. The Bertz CT molecular complexity index is 1040. The fourth-order valence-electron chi connectivity index (χ4n) is 7.75. The fraction of sp³-hybridized carbons (Fsp3) is 0.800. The highest BCUT2D eigenvalue weighted by Gasteiger charge is 2.71. The third kappa shape index (κ3) is 4.41. The summed E-state index contributed by atoms with van der Waals surface area (Å²) < 4.78 is 39.6. The molecule has 38 heavy (non-hydrogen) atoms. The minimum Gasteiger partial charge on any atom is -0.369 e. The van der Waals surface area contributed by atoms with Gasteiger partial charge in [0.15, 0.2) is 0 Å². The van der Waals surface area contributed by atoms with E-state index < -0.39 is 64.6 Å². The van der Waals surface area contributed by atoms with Crippen LogP contribution in [0.25, 0.3) is 0 Å². The lowest BCUT2D eigenvalue weighted by molar-refractivity contribution is -0.177. The number of hydrogen-bond acceptors (Lipinski definition) is 5. The molecule has 4 fully saturated rings. The first-order valence-electron chi connectivity index (χ1n) is 13.1. The normalized spacial score (nSPS) is 34.0. The molecular formula is C25H36F3N5O5. The first-order chi connectivity index (χ1) is 17.5. The number of hydrogen-bond donors (Lipinski definition) is 4. The van der Waals surface area contributed by atoms with Crippen molar-refractivity contribution in [1.82, 2.24) is 15.5 Å². The van der Waals surface area contributed by atoms with E-state index in [0.29, 0.717) is 13.0 Å². The number of nitrogens with zero attached hydrogens (tertiary/aromatic N) is 1. The van der Waals surface area contributed by atoms with Crippen LogP contribution in [0.4, 0.5) is 13.2 Å². The van der Waals surface area contributed by atoms with Crippen LogP contribution in [-0.2, 0) is 24.0 Å². The van der Waals surface area contributed by atoms with Gasteiger partial charge in [0.05, 0.1) is 5.92 Å². The van der Waals surface area contributed by atoms with Crippen LogP contribution < -0.4 is 22.1 Å². The molecule has 2 saturated heterocycles. The molecule has 5 amide bonds. The summed E-state index contributed by atoms with van der Waals surface area (Å²) in [4.78, 5) is 66.3. The first kappa shape index (κ1) is 28.2. The molecule has 0 aromatic heterocycles. The molecule has 0 radical (unpaired) electrons. The van der Waals surface area contributed by atoms with E-state index >= 15 is 0 Å². The molecule has 2 bridgehead atoms. The molecule has 13 heteroatoms. The number of alkyl halides is 3. The molecule has 5 unspecified atom stereocenters. The standard InChI is InChI=1S/C25H36F3N5O5/c1-23(2,3)17(32-22(38)25(26,27)28)20(36)33-10-14-11-4-5-12(8-11)16(14)24(33,21(30)37)15(18(29)34)9-13-6-7-31-19(13)35/h11-17H,4-10H2,1-3H3,(H2,29,34)(H2,30,37)(H,31,35)(H,32,38)/t11?,12?,13-,14?,15-,16?,17-,24?/m1/s1. The molecule has 0 spiro atoms. The largest absolute Gasteiger partial charge is 0.471 e. The zero-order chi connectivity index (χ0) is 28.4. The molecule has 0 aromatic carbocycles. The van der Waals surface area contributed by atoms with Crippen molar-refractivity contribution < 1.29 is 37.1 Å². The van der Waals surface area contributed by atoms with Crippen LogP contribution in [0, 0.1) is 40.9 Å². The number of amides is 5. The molecule has 2 aliphatic carbocycles. The van der Waals surface area contributed by atoms with Crippen molar-refractivity contribution in [1.29, 1.82) is 0 Å². The SMILES string of the molecule is CC(C)(C)[C@H](NC(=O)C(F)(F)F)C(=O)N1CC2C3CCC(C3)C2C1(C(N)=O)[C@H](C[C@H]1CCNC1=O)C(N)=O. The summed E-state index contributed by atoms with van der Waals surface area (Å²) in [5, 5.41) is 4.50. The van der Waals surface area contributed by atoms with Crippen molar-refractivity contribution in [3.63, 3.8) is 0 Å². The lowest BCUT2D eigenvalue weighted by Gasteiger charge is -2.48. The highest BCUT2D eigenvalue weighted by atomic mass is 19.4. The number of nitrogens with one attached hydrogen (secondary N) is 2. The molecule has 10 nitrogen and oxygen atoms in total. The van der Waals surface area contributed by atoms with E-state index in [9.17, 15) is 37.1 Å². The number of carbonyl (C=O) groups excluding carboxylic acids is 5. The van der Waals surface area contributed by atoms with E-state index in [1.165, 1.54) is 20.8 Å². The summed E-state index contributed by atoms with van der Waals surface area (Å²) in [5.41, 5.74) is 8.82. The second-order valence-electron chi connectivity index (χ2n) is 12.4. The number of nitrogens with two attached hydrogens (primary N) is 2. The van der Waals surface area contributed by atoms with Gasteiger partial charge >= 0.3 is 12.1 Å². The van der Waals surface area contributed by atoms with E-state index in [0.717, 1.165) is 24.2 Å².